The van der Waals surface area contributed by atoms with Gasteiger partial charge in [-0.05, 0) is 27.7 Å². The first-order valence-corrected chi connectivity index (χ1v) is 5.70. The van der Waals surface area contributed by atoms with Crippen LogP contribution in [-0.2, 0) is 4.74 Å². The molecule has 1 fully saturated rings. The van der Waals surface area contributed by atoms with Crippen LogP contribution in [-0.4, -0.2) is 49.3 Å². The van der Waals surface area contributed by atoms with Crippen molar-refractivity contribution in [3.8, 4) is 0 Å². The highest BCUT2D eigenvalue weighted by Crippen LogP contribution is 2.08. The Hall–Kier alpha value is -0.120. The first-order chi connectivity index (χ1) is 6.61. The van der Waals surface area contributed by atoms with Crippen LogP contribution in [0.25, 0.3) is 0 Å². The number of hydrogen-bond acceptors (Lipinski definition) is 3. The van der Waals surface area contributed by atoms with Gasteiger partial charge in [0.05, 0.1) is 12.7 Å². The molecular formula is C11H24N2O. The number of piperazine rings is 1. The molecule has 84 valence electrons. The van der Waals surface area contributed by atoms with Gasteiger partial charge in [0.1, 0.15) is 0 Å². The smallest absolute Gasteiger partial charge is 0.0597 e. The second kappa shape index (κ2) is 5.69. The fraction of sp³-hybridized carbons (Fsp3) is 1.00. The van der Waals surface area contributed by atoms with Gasteiger partial charge >= 0.3 is 0 Å². The summed E-state index contributed by atoms with van der Waals surface area (Å²) >= 11 is 0. The van der Waals surface area contributed by atoms with Gasteiger partial charge in [0.2, 0.25) is 0 Å². The molecule has 1 N–H and O–H groups in total. The molecule has 0 spiro atoms. The summed E-state index contributed by atoms with van der Waals surface area (Å²) in [5, 5.41) is 3.48. The van der Waals surface area contributed by atoms with E-state index in [-0.39, 0.29) is 0 Å². The Morgan fingerprint density at radius 3 is 2.79 bits per heavy atom. The van der Waals surface area contributed by atoms with Gasteiger partial charge in [-0.1, -0.05) is 0 Å². The third kappa shape index (κ3) is 3.56. The zero-order chi connectivity index (χ0) is 10.6. The maximum Gasteiger partial charge on any atom is 0.0597 e. The third-order valence-electron chi connectivity index (χ3n) is 2.99. The summed E-state index contributed by atoms with van der Waals surface area (Å²) in [6.07, 6.45) is 0.352. The molecule has 0 saturated carbocycles. The van der Waals surface area contributed by atoms with Crippen molar-refractivity contribution in [3.05, 3.63) is 0 Å². The highest BCUT2D eigenvalue weighted by atomic mass is 16.5. The average molecular weight is 200 g/mol. The maximum absolute atomic E-state index is 5.57. The molecule has 0 radical (unpaired) electrons. The van der Waals surface area contributed by atoms with Gasteiger partial charge in [-0.15, -0.1) is 0 Å². The number of ether oxygens (including phenoxy) is 1. The Bertz CT molecular complexity index is 161. The van der Waals surface area contributed by atoms with Crippen LogP contribution in [0.5, 0.6) is 0 Å². The van der Waals surface area contributed by atoms with Gasteiger partial charge < -0.3 is 10.1 Å². The monoisotopic (exact) mass is 200 g/mol. The van der Waals surface area contributed by atoms with E-state index in [4.69, 9.17) is 4.74 Å². The Labute approximate surface area is 87.8 Å². The summed E-state index contributed by atoms with van der Waals surface area (Å²) < 4.78 is 5.57. The highest BCUT2D eigenvalue weighted by molar-refractivity contribution is 4.83. The molecule has 3 heteroatoms. The van der Waals surface area contributed by atoms with Crippen LogP contribution in [0.3, 0.4) is 0 Å². The largest absolute Gasteiger partial charge is 0.377 e. The molecule has 0 bridgehead atoms. The minimum atomic E-state index is 0.352. The molecule has 1 rings (SSSR count). The molecule has 1 saturated heterocycles. The molecule has 0 aromatic heterocycles. The van der Waals surface area contributed by atoms with E-state index in [0.29, 0.717) is 18.2 Å². The molecular weight excluding hydrogens is 176 g/mol. The van der Waals surface area contributed by atoms with E-state index in [1.54, 1.807) is 0 Å². The SMILES string of the molecule is CC(C)OCCN1CCNC(C)C1C. The summed E-state index contributed by atoms with van der Waals surface area (Å²) in [6, 6.07) is 1.22. The molecule has 1 aliphatic rings. The lowest BCUT2D eigenvalue weighted by atomic mass is 10.1. The number of nitrogens with zero attached hydrogens (tertiary/aromatic N) is 1. The van der Waals surface area contributed by atoms with Crippen molar-refractivity contribution in [2.75, 3.05) is 26.2 Å². The van der Waals surface area contributed by atoms with E-state index >= 15 is 0 Å². The predicted molar refractivity (Wildman–Crippen MR) is 59.6 cm³/mol. The normalized spacial score (nSPS) is 29.8. The lowest BCUT2D eigenvalue weighted by Gasteiger charge is -2.38. The first-order valence-electron chi connectivity index (χ1n) is 5.70. The topological polar surface area (TPSA) is 24.5 Å². The van der Waals surface area contributed by atoms with Crippen molar-refractivity contribution >= 4 is 0 Å². The fourth-order valence-electron chi connectivity index (χ4n) is 1.85. The van der Waals surface area contributed by atoms with Gasteiger partial charge in [0.15, 0.2) is 0 Å². The van der Waals surface area contributed by atoms with Crippen molar-refractivity contribution in [1.82, 2.24) is 10.2 Å². The van der Waals surface area contributed by atoms with Crippen molar-refractivity contribution in [2.24, 2.45) is 0 Å². The second-order valence-electron chi connectivity index (χ2n) is 4.44. The Morgan fingerprint density at radius 1 is 1.43 bits per heavy atom. The van der Waals surface area contributed by atoms with Gasteiger partial charge in [-0.25, -0.2) is 0 Å². The number of rotatable bonds is 4. The molecule has 2 atom stereocenters. The maximum atomic E-state index is 5.57. The Balaban J connectivity index is 2.22. The van der Waals surface area contributed by atoms with Crippen molar-refractivity contribution in [2.45, 2.75) is 45.9 Å². The molecule has 3 nitrogen and oxygen atoms in total. The van der Waals surface area contributed by atoms with Crippen LogP contribution in [0.4, 0.5) is 0 Å². The van der Waals surface area contributed by atoms with Crippen LogP contribution in [0.1, 0.15) is 27.7 Å². The molecule has 1 aliphatic heterocycles. The van der Waals surface area contributed by atoms with Crippen LogP contribution < -0.4 is 5.32 Å². The van der Waals surface area contributed by atoms with E-state index < -0.39 is 0 Å². The molecule has 0 amide bonds. The average Bonchev–Trinajstić information content (AvgIpc) is 2.12. The lowest BCUT2D eigenvalue weighted by molar-refractivity contribution is 0.0391. The minimum Gasteiger partial charge on any atom is -0.377 e. The molecule has 2 unspecified atom stereocenters. The highest BCUT2D eigenvalue weighted by Gasteiger charge is 2.23. The predicted octanol–water partition coefficient (Wildman–Crippen LogP) is 1.09. The van der Waals surface area contributed by atoms with E-state index in [1.807, 2.05) is 0 Å². The van der Waals surface area contributed by atoms with E-state index in [9.17, 15) is 0 Å². The van der Waals surface area contributed by atoms with Gasteiger partial charge in [-0.3, -0.25) is 4.90 Å². The van der Waals surface area contributed by atoms with Crippen molar-refractivity contribution in [3.63, 3.8) is 0 Å². The van der Waals surface area contributed by atoms with Crippen molar-refractivity contribution < 1.29 is 4.74 Å². The second-order valence-corrected chi connectivity index (χ2v) is 4.44. The zero-order valence-corrected chi connectivity index (χ0v) is 9.92. The van der Waals surface area contributed by atoms with E-state index in [2.05, 4.69) is 37.9 Å². The van der Waals surface area contributed by atoms with Crippen LogP contribution >= 0.6 is 0 Å². The van der Waals surface area contributed by atoms with Gasteiger partial charge in [0.25, 0.3) is 0 Å². The Kier molecular flexibility index (Phi) is 4.85. The quantitative estimate of drug-likeness (QED) is 0.735. The van der Waals surface area contributed by atoms with Crippen LogP contribution in [0, 0.1) is 0 Å². The zero-order valence-electron chi connectivity index (χ0n) is 9.92. The molecule has 0 aromatic carbocycles. The summed E-state index contributed by atoms with van der Waals surface area (Å²) in [5.74, 6) is 0. The molecule has 14 heavy (non-hydrogen) atoms. The summed E-state index contributed by atoms with van der Waals surface area (Å²) in [5.41, 5.74) is 0. The van der Waals surface area contributed by atoms with Gasteiger partial charge in [-0.2, -0.15) is 0 Å². The number of hydrogen-bond donors (Lipinski definition) is 1. The minimum absolute atomic E-state index is 0.352. The Morgan fingerprint density at radius 2 is 2.14 bits per heavy atom. The third-order valence-corrected chi connectivity index (χ3v) is 2.99. The fourth-order valence-corrected chi connectivity index (χ4v) is 1.85. The van der Waals surface area contributed by atoms with E-state index in [0.717, 1.165) is 26.2 Å². The lowest BCUT2D eigenvalue weighted by Crippen LogP contribution is -2.55. The molecule has 0 aromatic rings. The van der Waals surface area contributed by atoms with E-state index in [1.165, 1.54) is 0 Å². The number of nitrogens with one attached hydrogen (secondary N) is 1. The van der Waals surface area contributed by atoms with Crippen LogP contribution in [0.15, 0.2) is 0 Å². The summed E-state index contributed by atoms with van der Waals surface area (Å²) in [7, 11) is 0. The summed E-state index contributed by atoms with van der Waals surface area (Å²) in [6.45, 7) is 12.9. The van der Waals surface area contributed by atoms with Gasteiger partial charge in [0, 0.05) is 31.7 Å². The summed E-state index contributed by atoms with van der Waals surface area (Å²) in [4.78, 5) is 2.50. The van der Waals surface area contributed by atoms with Crippen molar-refractivity contribution in [1.29, 1.82) is 0 Å². The van der Waals surface area contributed by atoms with Crippen LogP contribution in [0.2, 0.25) is 0 Å². The molecule has 0 aliphatic carbocycles. The molecule has 1 heterocycles. The standard InChI is InChI=1S/C11H24N2O/c1-9(2)14-8-7-13-6-5-12-10(3)11(13)4/h9-12H,5-8H2,1-4H3. The first kappa shape index (κ1) is 12.0.